The SMILES string of the molecule is CC[C@H](C)[C@H](NC(=O)[C@H](Cc1c[nH]c2ccccc12)NC(=O)[C@@H]([NH3+])C(C)C)C(=O)[O-]. The highest BCUT2D eigenvalue weighted by Gasteiger charge is 2.30. The first kappa shape index (κ1) is 23.4. The number of fused-ring (bicyclic) bond motifs is 1. The second-order valence-electron chi connectivity index (χ2n) is 8.17. The second-order valence-corrected chi connectivity index (χ2v) is 8.17. The smallest absolute Gasteiger partial charge is 0.279 e. The molecule has 0 spiro atoms. The Morgan fingerprint density at radius 1 is 1.10 bits per heavy atom. The number of aromatic nitrogens is 1. The van der Waals surface area contributed by atoms with Crippen LogP contribution >= 0.6 is 0 Å². The molecule has 0 saturated heterocycles. The van der Waals surface area contributed by atoms with E-state index >= 15 is 0 Å². The first-order chi connectivity index (χ1) is 14.1. The molecule has 0 aliphatic carbocycles. The van der Waals surface area contributed by atoms with Crippen LogP contribution in [0.1, 0.15) is 39.7 Å². The van der Waals surface area contributed by atoms with Crippen molar-refractivity contribution < 1.29 is 25.2 Å². The minimum Gasteiger partial charge on any atom is -0.548 e. The van der Waals surface area contributed by atoms with Gasteiger partial charge in [0.2, 0.25) is 5.91 Å². The highest BCUT2D eigenvalue weighted by atomic mass is 16.4. The molecule has 0 aliphatic rings. The van der Waals surface area contributed by atoms with Gasteiger partial charge in [0.15, 0.2) is 6.04 Å². The molecule has 0 unspecified atom stereocenters. The Morgan fingerprint density at radius 3 is 2.37 bits per heavy atom. The number of rotatable bonds is 10. The van der Waals surface area contributed by atoms with Gasteiger partial charge in [-0.1, -0.05) is 52.3 Å². The fourth-order valence-electron chi connectivity index (χ4n) is 3.23. The van der Waals surface area contributed by atoms with Crippen LogP contribution in [0, 0.1) is 11.8 Å². The fourth-order valence-corrected chi connectivity index (χ4v) is 3.23. The largest absolute Gasteiger partial charge is 0.548 e. The molecule has 0 aliphatic heterocycles. The van der Waals surface area contributed by atoms with Crippen molar-refractivity contribution in [2.75, 3.05) is 0 Å². The molecule has 4 atom stereocenters. The zero-order valence-electron chi connectivity index (χ0n) is 18.0. The number of carbonyl (C=O) groups excluding carboxylic acids is 3. The predicted molar refractivity (Wildman–Crippen MR) is 112 cm³/mol. The van der Waals surface area contributed by atoms with E-state index in [-0.39, 0.29) is 24.2 Å². The van der Waals surface area contributed by atoms with Crippen LogP contribution in [-0.2, 0) is 20.8 Å². The van der Waals surface area contributed by atoms with Crippen molar-refractivity contribution in [1.82, 2.24) is 15.6 Å². The maximum Gasteiger partial charge on any atom is 0.279 e. The molecule has 2 rings (SSSR count). The lowest BCUT2D eigenvalue weighted by molar-refractivity contribution is -0.414. The minimum absolute atomic E-state index is 0.00196. The minimum atomic E-state index is -1.34. The summed E-state index contributed by atoms with van der Waals surface area (Å²) in [7, 11) is 0. The lowest BCUT2D eigenvalue weighted by atomic mass is 9.97. The molecule has 1 heterocycles. The van der Waals surface area contributed by atoms with E-state index in [4.69, 9.17) is 0 Å². The molecule has 1 aromatic carbocycles. The number of benzene rings is 1. The van der Waals surface area contributed by atoms with Gasteiger partial charge in [-0.25, -0.2) is 0 Å². The topological polar surface area (TPSA) is 142 Å². The Morgan fingerprint density at radius 2 is 1.77 bits per heavy atom. The monoisotopic (exact) mass is 416 g/mol. The number of H-pyrrole nitrogens is 1. The fraction of sp³-hybridized carbons (Fsp3) is 0.500. The number of carboxylic acids is 1. The van der Waals surface area contributed by atoms with Gasteiger partial charge >= 0.3 is 0 Å². The van der Waals surface area contributed by atoms with Gasteiger partial charge in [0.1, 0.15) is 6.04 Å². The molecule has 1 aromatic heterocycles. The first-order valence-electron chi connectivity index (χ1n) is 10.3. The van der Waals surface area contributed by atoms with E-state index in [1.807, 2.05) is 45.0 Å². The summed E-state index contributed by atoms with van der Waals surface area (Å²) in [4.78, 5) is 40.3. The lowest BCUT2D eigenvalue weighted by Crippen LogP contribution is -2.71. The van der Waals surface area contributed by atoms with Gasteiger partial charge in [-0.05, 0) is 17.5 Å². The van der Waals surface area contributed by atoms with E-state index in [0.29, 0.717) is 6.42 Å². The van der Waals surface area contributed by atoms with E-state index in [2.05, 4.69) is 21.4 Å². The number of carboxylic acid groups (broad SMARTS) is 1. The van der Waals surface area contributed by atoms with Crippen LogP contribution in [0.2, 0.25) is 0 Å². The van der Waals surface area contributed by atoms with E-state index in [1.165, 1.54) is 0 Å². The number of para-hydroxylation sites is 1. The van der Waals surface area contributed by atoms with E-state index < -0.39 is 30.0 Å². The predicted octanol–water partition coefficient (Wildman–Crippen LogP) is -0.257. The Kier molecular flexibility index (Phi) is 8.00. The number of aliphatic carboxylic acids is 1. The average Bonchev–Trinajstić information content (AvgIpc) is 3.12. The summed E-state index contributed by atoms with van der Waals surface area (Å²) in [6.45, 7) is 7.33. The highest BCUT2D eigenvalue weighted by Crippen LogP contribution is 2.19. The molecule has 0 radical (unpaired) electrons. The summed E-state index contributed by atoms with van der Waals surface area (Å²) in [5.41, 5.74) is 5.64. The molecule has 0 bridgehead atoms. The van der Waals surface area contributed by atoms with Crippen LogP contribution in [-0.4, -0.2) is 40.9 Å². The quantitative estimate of drug-likeness (QED) is 0.423. The maximum absolute atomic E-state index is 13.0. The number of nitrogens with one attached hydrogen (secondary N) is 3. The van der Waals surface area contributed by atoms with E-state index in [9.17, 15) is 19.5 Å². The molecule has 164 valence electrons. The normalized spacial score (nSPS) is 15.4. The van der Waals surface area contributed by atoms with Crippen molar-refractivity contribution in [3.63, 3.8) is 0 Å². The Labute approximate surface area is 176 Å². The standard InChI is InChI=1S/C22H32N4O4/c1-5-13(4)19(22(29)30)26-20(27)17(25-21(28)18(23)12(2)3)10-14-11-24-16-9-7-6-8-15(14)16/h6-9,11-13,17-19,24H,5,10,23H2,1-4H3,(H,25,28)(H,26,27)(H,29,30)/t13-,17-,18-,19-/m0/s1. The van der Waals surface area contributed by atoms with Gasteiger partial charge in [0.25, 0.3) is 5.91 Å². The van der Waals surface area contributed by atoms with Crippen molar-refractivity contribution in [3.05, 3.63) is 36.0 Å². The zero-order valence-corrected chi connectivity index (χ0v) is 18.0. The number of quaternary nitrogens is 1. The first-order valence-corrected chi connectivity index (χ1v) is 10.3. The summed E-state index contributed by atoms with van der Waals surface area (Å²) in [5.74, 6) is -2.55. The summed E-state index contributed by atoms with van der Waals surface area (Å²) in [6.07, 6.45) is 2.57. The van der Waals surface area contributed by atoms with E-state index in [1.54, 1.807) is 13.1 Å². The molecular weight excluding hydrogens is 384 g/mol. The molecule has 8 heteroatoms. The number of hydrogen-bond acceptors (Lipinski definition) is 4. The molecule has 2 amide bonds. The Balaban J connectivity index is 2.29. The molecular formula is C22H32N4O4. The van der Waals surface area contributed by atoms with Crippen molar-refractivity contribution in [1.29, 1.82) is 0 Å². The number of carbonyl (C=O) groups is 3. The van der Waals surface area contributed by atoms with Crippen LogP contribution in [0.25, 0.3) is 10.9 Å². The van der Waals surface area contributed by atoms with Gasteiger partial charge in [0, 0.05) is 29.4 Å². The zero-order chi connectivity index (χ0) is 22.4. The Hall–Kier alpha value is -2.87. The van der Waals surface area contributed by atoms with Gasteiger partial charge in [-0.2, -0.15) is 0 Å². The van der Waals surface area contributed by atoms with Gasteiger partial charge < -0.3 is 31.3 Å². The van der Waals surface area contributed by atoms with Crippen molar-refractivity contribution in [2.24, 2.45) is 11.8 Å². The molecule has 30 heavy (non-hydrogen) atoms. The third-order valence-corrected chi connectivity index (χ3v) is 5.64. The average molecular weight is 417 g/mol. The van der Waals surface area contributed by atoms with Crippen LogP contribution in [0.5, 0.6) is 0 Å². The van der Waals surface area contributed by atoms with E-state index in [0.717, 1.165) is 16.5 Å². The summed E-state index contributed by atoms with van der Waals surface area (Å²) in [5, 5.41) is 17.8. The number of aromatic amines is 1. The molecule has 0 saturated carbocycles. The van der Waals surface area contributed by atoms with Crippen molar-refractivity contribution in [2.45, 2.75) is 58.7 Å². The van der Waals surface area contributed by atoms with Crippen LogP contribution in [0.4, 0.5) is 0 Å². The third-order valence-electron chi connectivity index (χ3n) is 5.64. The summed E-state index contributed by atoms with van der Waals surface area (Å²) < 4.78 is 0. The maximum atomic E-state index is 13.0. The summed E-state index contributed by atoms with van der Waals surface area (Å²) >= 11 is 0. The number of amides is 2. The molecule has 6 N–H and O–H groups in total. The van der Waals surface area contributed by atoms with Crippen molar-refractivity contribution in [3.8, 4) is 0 Å². The Bertz CT molecular complexity index is 892. The molecule has 8 nitrogen and oxygen atoms in total. The van der Waals surface area contributed by atoms with Gasteiger partial charge in [0.05, 0.1) is 12.0 Å². The molecule has 2 aromatic rings. The highest BCUT2D eigenvalue weighted by molar-refractivity contribution is 5.92. The van der Waals surface area contributed by atoms with Crippen LogP contribution < -0.4 is 21.5 Å². The van der Waals surface area contributed by atoms with Crippen LogP contribution in [0.3, 0.4) is 0 Å². The summed E-state index contributed by atoms with van der Waals surface area (Å²) in [6, 6.07) is 5.05. The lowest BCUT2D eigenvalue weighted by Gasteiger charge is -2.28. The van der Waals surface area contributed by atoms with Crippen molar-refractivity contribution >= 4 is 28.7 Å². The molecule has 0 fully saturated rings. The van der Waals surface area contributed by atoms with Gasteiger partial charge in [-0.3, -0.25) is 9.59 Å². The third kappa shape index (κ3) is 5.60. The van der Waals surface area contributed by atoms with Gasteiger partial charge in [-0.15, -0.1) is 0 Å². The second kappa shape index (κ2) is 10.2. The van der Waals surface area contributed by atoms with Crippen LogP contribution in [0.15, 0.2) is 30.5 Å². The number of hydrogen-bond donors (Lipinski definition) is 4.